The number of thiophene rings is 1. The highest BCUT2D eigenvalue weighted by Crippen LogP contribution is 2.17. The highest BCUT2D eigenvalue weighted by atomic mass is 32.1. The Bertz CT molecular complexity index is 235. The Balaban J connectivity index is 2.23. The zero-order chi connectivity index (χ0) is 10.9. The quantitative estimate of drug-likeness (QED) is 0.689. The first-order valence-electron chi connectivity index (χ1n) is 5.72. The Kier molecular flexibility index (Phi) is 6.64. The van der Waals surface area contributed by atoms with E-state index < -0.39 is 0 Å². The van der Waals surface area contributed by atoms with Crippen LogP contribution in [-0.4, -0.2) is 13.2 Å². The van der Waals surface area contributed by atoms with Crippen molar-refractivity contribution in [3.63, 3.8) is 0 Å². The van der Waals surface area contributed by atoms with Crippen LogP contribution in [0.5, 0.6) is 0 Å². The van der Waals surface area contributed by atoms with Gasteiger partial charge in [0.25, 0.3) is 0 Å². The molecular formula is C12H21NOS. The maximum atomic E-state index is 5.50. The monoisotopic (exact) mass is 227 g/mol. The number of nitrogens with one attached hydrogen (secondary N) is 1. The van der Waals surface area contributed by atoms with Gasteiger partial charge in [0.1, 0.15) is 0 Å². The van der Waals surface area contributed by atoms with Gasteiger partial charge < -0.3 is 10.1 Å². The lowest BCUT2D eigenvalue weighted by atomic mass is 10.4. The van der Waals surface area contributed by atoms with Gasteiger partial charge in [0.05, 0.1) is 6.61 Å². The van der Waals surface area contributed by atoms with E-state index >= 15 is 0 Å². The fourth-order valence-electron chi connectivity index (χ4n) is 1.30. The molecule has 0 unspecified atom stereocenters. The van der Waals surface area contributed by atoms with Crippen LogP contribution < -0.4 is 5.32 Å². The van der Waals surface area contributed by atoms with Crippen molar-refractivity contribution in [3.8, 4) is 0 Å². The van der Waals surface area contributed by atoms with Gasteiger partial charge in [0.15, 0.2) is 0 Å². The third kappa shape index (κ3) is 5.30. The Morgan fingerprint density at radius 2 is 2.00 bits per heavy atom. The number of rotatable bonds is 8. The van der Waals surface area contributed by atoms with Gasteiger partial charge in [-0.3, -0.25) is 0 Å². The molecule has 1 N–H and O–H groups in total. The third-order valence-corrected chi connectivity index (χ3v) is 3.09. The summed E-state index contributed by atoms with van der Waals surface area (Å²) in [4.78, 5) is 2.73. The van der Waals surface area contributed by atoms with Crippen LogP contribution in [0, 0.1) is 0 Å². The molecule has 1 aromatic heterocycles. The summed E-state index contributed by atoms with van der Waals surface area (Å²) in [6.07, 6.45) is 2.29. The van der Waals surface area contributed by atoms with E-state index in [1.165, 1.54) is 16.2 Å². The van der Waals surface area contributed by atoms with Crippen molar-refractivity contribution in [2.24, 2.45) is 0 Å². The number of hydrogen-bond acceptors (Lipinski definition) is 3. The summed E-state index contributed by atoms with van der Waals surface area (Å²) in [5.74, 6) is 0. The number of hydrogen-bond donors (Lipinski definition) is 1. The lowest BCUT2D eigenvalue weighted by Gasteiger charge is -2.00. The van der Waals surface area contributed by atoms with E-state index in [0.717, 1.165) is 32.7 Å². The normalized spacial score (nSPS) is 10.8. The number of ether oxygens (including phenoxy) is 1. The van der Waals surface area contributed by atoms with Gasteiger partial charge in [-0.05, 0) is 31.5 Å². The van der Waals surface area contributed by atoms with E-state index in [0.29, 0.717) is 0 Å². The topological polar surface area (TPSA) is 21.3 Å². The minimum absolute atomic E-state index is 0.770. The van der Waals surface area contributed by atoms with Crippen molar-refractivity contribution >= 4 is 11.3 Å². The van der Waals surface area contributed by atoms with Crippen LogP contribution in [0.1, 0.15) is 36.4 Å². The van der Waals surface area contributed by atoms with Crippen molar-refractivity contribution in [2.75, 3.05) is 13.2 Å². The SMILES string of the molecule is CCCNCc1ccc(COCCC)s1. The van der Waals surface area contributed by atoms with E-state index in [1.807, 2.05) is 11.3 Å². The van der Waals surface area contributed by atoms with E-state index in [9.17, 15) is 0 Å². The molecule has 0 atom stereocenters. The first kappa shape index (κ1) is 12.7. The average molecular weight is 227 g/mol. The average Bonchev–Trinajstić information content (AvgIpc) is 2.67. The van der Waals surface area contributed by atoms with Gasteiger partial charge >= 0.3 is 0 Å². The van der Waals surface area contributed by atoms with Crippen molar-refractivity contribution < 1.29 is 4.74 Å². The highest BCUT2D eigenvalue weighted by molar-refractivity contribution is 7.11. The second-order valence-corrected chi connectivity index (χ2v) is 4.85. The van der Waals surface area contributed by atoms with Gasteiger partial charge in [-0.2, -0.15) is 0 Å². The Morgan fingerprint density at radius 1 is 1.20 bits per heavy atom. The predicted octanol–water partition coefficient (Wildman–Crippen LogP) is 3.17. The van der Waals surface area contributed by atoms with Crippen LogP contribution in [0.2, 0.25) is 0 Å². The molecule has 0 saturated carbocycles. The van der Waals surface area contributed by atoms with E-state index in [-0.39, 0.29) is 0 Å². The Hall–Kier alpha value is -0.380. The smallest absolute Gasteiger partial charge is 0.0809 e. The molecule has 86 valence electrons. The first-order chi connectivity index (χ1) is 7.36. The highest BCUT2D eigenvalue weighted by Gasteiger charge is 1.99. The van der Waals surface area contributed by atoms with Crippen molar-refractivity contribution in [1.82, 2.24) is 5.32 Å². The zero-order valence-corrected chi connectivity index (χ0v) is 10.5. The maximum absolute atomic E-state index is 5.50. The fraction of sp³-hybridized carbons (Fsp3) is 0.667. The summed E-state index contributed by atoms with van der Waals surface area (Å²) >= 11 is 1.85. The van der Waals surface area contributed by atoms with Gasteiger partial charge in [0, 0.05) is 22.9 Å². The van der Waals surface area contributed by atoms with E-state index in [4.69, 9.17) is 4.74 Å². The van der Waals surface area contributed by atoms with Gasteiger partial charge in [-0.1, -0.05) is 13.8 Å². The van der Waals surface area contributed by atoms with Crippen LogP contribution in [0.3, 0.4) is 0 Å². The summed E-state index contributed by atoms with van der Waals surface area (Å²) in [6, 6.07) is 4.36. The summed E-state index contributed by atoms with van der Waals surface area (Å²) < 4.78 is 5.50. The minimum atomic E-state index is 0.770. The molecule has 1 rings (SSSR count). The molecule has 0 saturated heterocycles. The molecule has 0 aliphatic carbocycles. The van der Waals surface area contributed by atoms with Crippen LogP contribution in [0.4, 0.5) is 0 Å². The van der Waals surface area contributed by atoms with Gasteiger partial charge in [-0.15, -0.1) is 11.3 Å². The van der Waals surface area contributed by atoms with Crippen molar-refractivity contribution in [2.45, 2.75) is 39.8 Å². The molecule has 1 heterocycles. The van der Waals surface area contributed by atoms with E-state index in [1.54, 1.807) is 0 Å². The molecule has 0 spiro atoms. The Labute approximate surface area is 96.7 Å². The summed E-state index contributed by atoms with van der Waals surface area (Å²) in [6.45, 7) is 8.04. The van der Waals surface area contributed by atoms with Gasteiger partial charge in [0.2, 0.25) is 0 Å². The summed E-state index contributed by atoms with van der Waals surface area (Å²) in [7, 11) is 0. The van der Waals surface area contributed by atoms with Crippen LogP contribution in [0.25, 0.3) is 0 Å². The molecule has 0 aromatic carbocycles. The lowest BCUT2D eigenvalue weighted by molar-refractivity contribution is 0.123. The molecule has 0 radical (unpaired) electrons. The molecule has 0 bridgehead atoms. The van der Waals surface area contributed by atoms with Crippen LogP contribution in [-0.2, 0) is 17.9 Å². The molecule has 0 amide bonds. The molecular weight excluding hydrogens is 206 g/mol. The molecule has 0 aliphatic heterocycles. The second-order valence-electron chi connectivity index (χ2n) is 3.60. The lowest BCUT2D eigenvalue weighted by Crippen LogP contribution is -2.12. The van der Waals surface area contributed by atoms with E-state index in [2.05, 4.69) is 31.3 Å². The molecule has 0 aliphatic rings. The molecule has 1 aromatic rings. The summed E-state index contributed by atoms with van der Waals surface area (Å²) in [5.41, 5.74) is 0. The second kappa shape index (κ2) is 7.85. The zero-order valence-electron chi connectivity index (χ0n) is 9.71. The minimum Gasteiger partial charge on any atom is -0.376 e. The largest absolute Gasteiger partial charge is 0.376 e. The molecule has 2 nitrogen and oxygen atoms in total. The van der Waals surface area contributed by atoms with Crippen molar-refractivity contribution in [3.05, 3.63) is 21.9 Å². The van der Waals surface area contributed by atoms with Gasteiger partial charge in [-0.25, -0.2) is 0 Å². The predicted molar refractivity (Wildman–Crippen MR) is 66.3 cm³/mol. The van der Waals surface area contributed by atoms with Crippen LogP contribution >= 0.6 is 11.3 Å². The fourth-order valence-corrected chi connectivity index (χ4v) is 2.23. The Morgan fingerprint density at radius 3 is 2.73 bits per heavy atom. The first-order valence-corrected chi connectivity index (χ1v) is 6.54. The summed E-state index contributed by atoms with van der Waals surface area (Å²) in [5, 5.41) is 3.40. The molecule has 15 heavy (non-hydrogen) atoms. The molecule has 3 heteroatoms. The standard InChI is InChI=1S/C12H21NOS/c1-3-7-13-9-11-5-6-12(15-11)10-14-8-4-2/h5-6,13H,3-4,7-10H2,1-2H3. The maximum Gasteiger partial charge on any atom is 0.0809 e. The van der Waals surface area contributed by atoms with Crippen molar-refractivity contribution in [1.29, 1.82) is 0 Å². The molecule has 0 fully saturated rings. The third-order valence-electron chi connectivity index (χ3n) is 2.04. The van der Waals surface area contributed by atoms with Crippen LogP contribution in [0.15, 0.2) is 12.1 Å².